The van der Waals surface area contributed by atoms with Crippen LogP contribution < -0.4 is 15.4 Å². The van der Waals surface area contributed by atoms with Crippen molar-refractivity contribution in [3.63, 3.8) is 0 Å². The lowest BCUT2D eigenvalue weighted by Crippen LogP contribution is -2.45. The van der Waals surface area contributed by atoms with Crippen molar-refractivity contribution < 1.29 is 23.0 Å². The summed E-state index contributed by atoms with van der Waals surface area (Å²) in [5, 5.41) is 15.8. The van der Waals surface area contributed by atoms with Crippen LogP contribution in [0, 0.1) is 11.2 Å². The highest BCUT2D eigenvalue weighted by atomic mass is 127. The van der Waals surface area contributed by atoms with Crippen LogP contribution >= 0.6 is 24.0 Å². The SMILES string of the molecule is CCNC(=NCc1c(F)cccc1OC(F)F)NCC1(CCO)CCCCC1.I. The second-order valence-electron chi connectivity index (χ2n) is 7.18. The molecule has 0 atom stereocenters. The lowest BCUT2D eigenvalue weighted by atomic mass is 9.72. The lowest BCUT2D eigenvalue weighted by molar-refractivity contribution is -0.0506. The maximum absolute atomic E-state index is 14.1. The predicted molar refractivity (Wildman–Crippen MR) is 118 cm³/mol. The third kappa shape index (κ3) is 8.19. The van der Waals surface area contributed by atoms with Gasteiger partial charge in [0.05, 0.1) is 12.1 Å². The Kier molecular flexibility index (Phi) is 11.7. The molecule has 1 aromatic carbocycles. The summed E-state index contributed by atoms with van der Waals surface area (Å²) < 4.78 is 43.7. The summed E-state index contributed by atoms with van der Waals surface area (Å²) in [4.78, 5) is 4.36. The third-order valence-corrected chi connectivity index (χ3v) is 5.22. The van der Waals surface area contributed by atoms with E-state index in [9.17, 15) is 18.3 Å². The number of hydrogen-bond acceptors (Lipinski definition) is 3. The summed E-state index contributed by atoms with van der Waals surface area (Å²) in [7, 11) is 0. The van der Waals surface area contributed by atoms with Crippen molar-refractivity contribution in [1.29, 1.82) is 0 Å². The van der Waals surface area contributed by atoms with Gasteiger partial charge in [0.2, 0.25) is 0 Å². The average Bonchev–Trinajstić information content (AvgIpc) is 2.66. The van der Waals surface area contributed by atoms with E-state index in [1.165, 1.54) is 24.6 Å². The van der Waals surface area contributed by atoms with Crippen molar-refractivity contribution in [2.24, 2.45) is 10.4 Å². The number of halogens is 4. The van der Waals surface area contributed by atoms with E-state index in [0.717, 1.165) is 32.1 Å². The van der Waals surface area contributed by atoms with Gasteiger partial charge in [-0.2, -0.15) is 8.78 Å². The van der Waals surface area contributed by atoms with Crippen LogP contribution in [-0.2, 0) is 6.54 Å². The molecular weight excluding hydrogens is 498 g/mol. The zero-order chi connectivity index (χ0) is 20.4. The topological polar surface area (TPSA) is 65.9 Å². The molecule has 0 saturated heterocycles. The molecule has 2 rings (SSSR count). The number of hydrogen-bond donors (Lipinski definition) is 3. The normalized spacial score (nSPS) is 16.3. The first-order valence-electron chi connectivity index (χ1n) is 9.85. The van der Waals surface area contributed by atoms with Crippen molar-refractivity contribution in [3.05, 3.63) is 29.6 Å². The first kappa shape index (κ1) is 25.8. The van der Waals surface area contributed by atoms with Crippen molar-refractivity contribution in [2.75, 3.05) is 19.7 Å². The number of benzene rings is 1. The molecule has 0 amide bonds. The molecule has 9 heteroatoms. The van der Waals surface area contributed by atoms with Gasteiger partial charge in [0.25, 0.3) is 0 Å². The van der Waals surface area contributed by atoms with Crippen molar-refractivity contribution in [2.45, 2.75) is 58.6 Å². The van der Waals surface area contributed by atoms with Crippen molar-refractivity contribution in [3.8, 4) is 5.75 Å². The molecule has 0 radical (unpaired) electrons. The molecule has 0 spiro atoms. The van der Waals surface area contributed by atoms with E-state index in [4.69, 9.17) is 0 Å². The second kappa shape index (κ2) is 13.1. The fourth-order valence-corrected chi connectivity index (χ4v) is 3.72. The largest absolute Gasteiger partial charge is 0.434 e. The fourth-order valence-electron chi connectivity index (χ4n) is 3.72. The molecule has 0 aromatic heterocycles. The van der Waals surface area contributed by atoms with E-state index in [-0.39, 0.29) is 53.9 Å². The van der Waals surface area contributed by atoms with Crippen molar-refractivity contribution >= 4 is 29.9 Å². The van der Waals surface area contributed by atoms with Crippen LogP contribution in [0.4, 0.5) is 13.2 Å². The smallest absolute Gasteiger partial charge is 0.387 e. The van der Waals surface area contributed by atoms with E-state index in [0.29, 0.717) is 19.0 Å². The average molecular weight is 529 g/mol. The predicted octanol–water partition coefficient (Wildman–Crippen LogP) is 4.43. The molecule has 5 nitrogen and oxygen atoms in total. The molecule has 29 heavy (non-hydrogen) atoms. The van der Waals surface area contributed by atoms with Gasteiger partial charge >= 0.3 is 6.61 Å². The quantitative estimate of drug-likeness (QED) is 0.252. The lowest BCUT2D eigenvalue weighted by Gasteiger charge is -2.37. The Morgan fingerprint density at radius 1 is 1.24 bits per heavy atom. The van der Waals surface area contributed by atoms with Gasteiger partial charge in [-0.15, -0.1) is 24.0 Å². The molecule has 1 aliphatic rings. The maximum atomic E-state index is 14.1. The van der Waals surface area contributed by atoms with Crippen molar-refractivity contribution in [1.82, 2.24) is 10.6 Å². The van der Waals surface area contributed by atoms with Crippen LogP contribution in [0.3, 0.4) is 0 Å². The summed E-state index contributed by atoms with van der Waals surface area (Å²) in [6.45, 7) is 0.153. The van der Waals surface area contributed by atoms with E-state index in [1.54, 1.807) is 0 Å². The summed E-state index contributed by atoms with van der Waals surface area (Å²) in [6, 6.07) is 3.83. The maximum Gasteiger partial charge on any atom is 0.387 e. The standard InChI is InChI=1S/C20H30F3N3O2.HI/c1-2-24-19(26-14-20(11-12-27)9-4-3-5-10-20)25-13-15-16(21)7-6-8-17(15)28-18(22)23;/h6-8,18,27H,2-5,9-14H2,1H3,(H2,24,25,26);1H. The Bertz CT molecular complexity index is 636. The van der Waals surface area contributed by atoms with Gasteiger partial charge in [0.15, 0.2) is 5.96 Å². The van der Waals surface area contributed by atoms with Crippen LogP contribution in [0.1, 0.15) is 51.0 Å². The first-order chi connectivity index (χ1) is 13.5. The Morgan fingerprint density at radius 2 is 1.97 bits per heavy atom. The highest BCUT2D eigenvalue weighted by Gasteiger charge is 2.31. The van der Waals surface area contributed by atoms with Crippen LogP contribution in [0.15, 0.2) is 23.2 Å². The van der Waals surface area contributed by atoms with Gasteiger partial charge in [-0.3, -0.25) is 0 Å². The number of nitrogens with one attached hydrogen (secondary N) is 2. The minimum atomic E-state index is -3.03. The molecule has 0 unspecified atom stereocenters. The minimum absolute atomic E-state index is 0. The van der Waals surface area contributed by atoms with Crippen LogP contribution in [-0.4, -0.2) is 37.4 Å². The zero-order valence-corrected chi connectivity index (χ0v) is 19.1. The van der Waals surface area contributed by atoms with Gasteiger partial charge in [-0.1, -0.05) is 25.3 Å². The number of rotatable bonds is 9. The summed E-state index contributed by atoms with van der Waals surface area (Å²) in [5.74, 6) is -0.364. The van der Waals surface area contributed by atoms with Gasteiger partial charge in [-0.25, -0.2) is 9.38 Å². The second-order valence-corrected chi connectivity index (χ2v) is 7.18. The van der Waals surface area contributed by atoms with E-state index in [1.807, 2.05) is 6.92 Å². The highest BCUT2D eigenvalue weighted by molar-refractivity contribution is 14.0. The summed E-state index contributed by atoms with van der Waals surface area (Å²) in [6.07, 6.45) is 6.29. The van der Waals surface area contributed by atoms with E-state index >= 15 is 0 Å². The van der Waals surface area contributed by atoms with Crippen LogP contribution in [0.5, 0.6) is 5.75 Å². The Balaban J connectivity index is 0.00000420. The first-order valence-corrected chi connectivity index (χ1v) is 9.85. The number of ether oxygens (including phenoxy) is 1. The molecule has 1 fully saturated rings. The molecule has 1 saturated carbocycles. The number of aliphatic hydroxyl groups excluding tert-OH is 1. The van der Waals surface area contributed by atoms with Gasteiger partial charge in [0, 0.05) is 19.7 Å². The molecule has 0 bridgehead atoms. The summed E-state index contributed by atoms with van der Waals surface area (Å²) >= 11 is 0. The molecule has 1 aromatic rings. The highest BCUT2D eigenvalue weighted by Crippen LogP contribution is 2.38. The number of nitrogens with zero attached hydrogens (tertiary/aromatic N) is 1. The minimum Gasteiger partial charge on any atom is -0.434 e. The molecule has 1 aliphatic carbocycles. The molecule has 3 N–H and O–H groups in total. The molecule has 0 heterocycles. The zero-order valence-electron chi connectivity index (χ0n) is 16.7. The van der Waals surface area contributed by atoms with Gasteiger partial charge in [-0.05, 0) is 43.7 Å². The Morgan fingerprint density at radius 3 is 2.59 bits per heavy atom. The molecular formula is C20H31F3IN3O2. The fraction of sp³-hybridized carbons (Fsp3) is 0.650. The van der Waals surface area contributed by atoms with Crippen LogP contribution in [0.2, 0.25) is 0 Å². The Labute approximate surface area is 187 Å². The Hall–Kier alpha value is -1.23. The van der Waals surface area contributed by atoms with Gasteiger partial charge in [0.1, 0.15) is 11.6 Å². The number of guanidine groups is 1. The monoisotopic (exact) mass is 529 g/mol. The summed E-state index contributed by atoms with van der Waals surface area (Å²) in [5.41, 5.74) is 0.00763. The van der Waals surface area contributed by atoms with E-state index in [2.05, 4.69) is 20.4 Å². The number of aliphatic imine (C=N–C) groups is 1. The third-order valence-electron chi connectivity index (χ3n) is 5.22. The van der Waals surface area contributed by atoms with Crippen LogP contribution in [0.25, 0.3) is 0 Å². The number of alkyl halides is 2. The number of aliphatic hydroxyl groups is 1. The molecule has 166 valence electrons. The van der Waals surface area contributed by atoms with Gasteiger partial charge < -0.3 is 20.5 Å². The molecule has 0 aliphatic heterocycles. The van der Waals surface area contributed by atoms with E-state index < -0.39 is 12.4 Å².